The molecule has 0 spiro atoms. The van der Waals surface area contributed by atoms with Crippen molar-refractivity contribution in [2.45, 2.75) is 46.6 Å². The van der Waals surface area contributed by atoms with Crippen LogP contribution in [-0.2, 0) is 0 Å². The normalized spacial score (nSPS) is 21.4. The molecule has 0 aliphatic carbocycles. The molecule has 1 saturated heterocycles. The van der Waals surface area contributed by atoms with E-state index in [4.69, 9.17) is 5.26 Å². The summed E-state index contributed by atoms with van der Waals surface area (Å²) in [5, 5.41) is 8.69. The number of rotatable bonds is 3. The standard InChI is InChI=1S/C12H22N2/c1-5-11(6-7-13)14-8-10(9-14)12(2,3)4/h10-11H,5-6,8-9H2,1-4H3. The first-order chi connectivity index (χ1) is 6.49. The van der Waals surface area contributed by atoms with Gasteiger partial charge in [-0.3, -0.25) is 4.90 Å². The van der Waals surface area contributed by atoms with Crippen LogP contribution < -0.4 is 0 Å². The molecule has 2 heteroatoms. The van der Waals surface area contributed by atoms with E-state index in [1.807, 2.05) is 0 Å². The fourth-order valence-corrected chi connectivity index (χ4v) is 2.00. The van der Waals surface area contributed by atoms with Gasteiger partial charge in [0.1, 0.15) is 0 Å². The van der Waals surface area contributed by atoms with E-state index in [-0.39, 0.29) is 0 Å². The molecule has 1 aliphatic heterocycles. The Labute approximate surface area is 87.9 Å². The highest BCUT2D eigenvalue weighted by Crippen LogP contribution is 2.35. The van der Waals surface area contributed by atoms with Gasteiger partial charge in [0.25, 0.3) is 0 Å². The van der Waals surface area contributed by atoms with Gasteiger partial charge in [-0.25, -0.2) is 0 Å². The summed E-state index contributed by atoms with van der Waals surface area (Å²) in [6.45, 7) is 11.5. The molecule has 1 rings (SSSR count). The summed E-state index contributed by atoms with van der Waals surface area (Å²) in [7, 11) is 0. The van der Waals surface area contributed by atoms with E-state index >= 15 is 0 Å². The molecule has 0 amide bonds. The van der Waals surface area contributed by atoms with Crippen LogP contribution in [0.3, 0.4) is 0 Å². The van der Waals surface area contributed by atoms with Crippen LogP contribution in [0.25, 0.3) is 0 Å². The third kappa shape index (κ3) is 2.48. The lowest BCUT2D eigenvalue weighted by Crippen LogP contribution is -2.55. The molecule has 0 aromatic rings. The van der Waals surface area contributed by atoms with Gasteiger partial charge in [-0.2, -0.15) is 5.26 Å². The quantitative estimate of drug-likeness (QED) is 0.690. The average Bonchev–Trinajstić information content (AvgIpc) is 1.97. The van der Waals surface area contributed by atoms with E-state index < -0.39 is 0 Å². The van der Waals surface area contributed by atoms with Gasteiger partial charge in [-0.05, 0) is 17.8 Å². The Morgan fingerprint density at radius 2 is 2.00 bits per heavy atom. The maximum Gasteiger partial charge on any atom is 0.0638 e. The maximum absolute atomic E-state index is 8.69. The maximum atomic E-state index is 8.69. The third-order valence-corrected chi connectivity index (χ3v) is 3.45. The Hall–Kier alpha value is -0.550. The van der Waals surface area contributed by atoms with E-state index in [2.05, 4.69) is 38.7 Å². The Balaban J connectivity index is 2.36. The summed E-state index contributed by atoms with van der Waals surface area (Å²) in [4.78, 5) is 2.46. The first kappa shape index (κ1) is 11.5. The molecule has 1 fully saturated rings. The molecule has 0 aromatic heterocycles. The van der Waals surface area contributed by atoms with Crippen LogP contribution in [0.4, 0.5) is 0 Å². The molecule has 1 unspecified atom stereocenters. The van der Waals surface area contributed by atoms with Gasteiger partial charge in [0.15, 0.2) is 0 Å². The van der Waals surface area contributed by atoms with Crippen LogP contribution in [-0.4, -0.2) is 24.0 Å². The number of hydrogen-bond donors (Lipinski definition) is 0. The monoisotopic (exact) mass is 194 g/mol. The molecule has 0 bridgehead atoms. The van der Waals surface area contributed by atoms with Crippen molar-refractivity contribution in [3.05, 3.63) is 0 Å². The number of nitrogens with zero attached hydrogens (tertiary/aromatic N) is 2. The Kier molecular flexibility index (Phi) is 3.55. The Bertz CT molecular complexity index is 215. The van der Waals surface area contributed by atoms with Crippen LogP contribution in [0.5, 0.6) is 0 Å². The second-order valence-corrected chi connectivity index (χ2v) is 5.44. The molecule has 80 valence electrons. The molecule has 0 N–H and O–H groups in total. The highest BCUT2D eigenvalue weighted by atomic mass is 15.2. The van der Waals surface area contributed by atoms with Crippen molar-refractivity contribution in [1.29, 1.82) is 5.26 Å². The van der Waals surface area contributed by atoms with Crippen molar-refractivity contribution in [2.75, 3.05) is 13.1 Å². The average molecular weight is 194 g/mol. The summed E-state index contributed by atoms with van der Waals surface area (Å²) < 4.78 is 0. The van der Waals surface area contributed by atoms with E-state index in [0.717, 1.165) is 12.3 Å². The molecule has 1 heterocycles. The van der Waals surface area contributed by atoms with Crippen molar-refractivity contribution in [2.24, 2.45) is 11.3 Å². The fraction of sp³-hybridized carbons (Fsp3) is 0.917. The van der Waals surface area contributed by atoms with Crippen molar-refractivity contribution in [3.63, 3.8) is 0 Å². The summed E-state index contributed by atoms with van der Waals surface area (Å²) in [5.41, 5.74) is 0.432. The summed E-state index contributed by atoms with van der Waals surface area (Å²) in [5.74, 6) is 0.815. The van der Waals surface area contributed by atoms with E-state index in [1.165, 1.54) is 13.1 Å². The minimum absolute atomic E-state index is 0.432. The van der Waals surface area contributed by atoms with Gasteiger partial charge in [0.05, 0.1) is 12.5 Å². The summed E-state index contributed by atoms with van der Waals surface area (Å²) in [6, 6.07) is 2.78. The van der Waals surface area contributed by atoms with Gasteiger partial charge in [0, 0.05) is 19.1 Å². The van der Waals surface area contributed by atoms with Crippen molar-refractivity contribution >= 4 is 0 Å². The molecule has 2 nitrogen and oxygen atoms in total. The lowest BCUT2D eigenvalue weighted by atomic mass is 9.75. The number of hydrogen-bond acceptors (Lipinski definition) is 2. The van der Waals surface area contributed by atoms with Crippen molar-refractivity contribution in [1.82, 2.24) is 4.90 Å². The van der Waals surface area contributed by atoms with Gasteiger partial charge in [-0.1, -0.05) is 27.7 Å². The second kappa shape index (κ2) is 4.31. The van der Waals surface area contributed by atoms with Crippen LogP contribution in [0.1, 0.15) is 40.5 Å². The van der Waals surface area contributed by atoms with Crippen molar-refractivity contribution in [3.8, 4) is 6.07 Å². The van der Waals surface area contributed by atoms with Gasteiger partial charge in [-0.15, -0.1) is 0 Å². The summed E-state index contributed by atoms with van der Waals surface area (Å²) >= 11 is 0. The topological polar surface area (TPSA) is 27.0 Å². The second-order valence-electron chi connectivity index (χ2n) is 5.44. The van der Waals surface area contributed by atoms with Gasteiger partial charge in [0.2, 0.25) is 0 Å². The molecule has 0 saturated carbocycles. The predicted molar refractivity (Wildman–Crippen MR) is 58.8 cm³/mol. The molecule has 14 heavy (non-hydrogen) atoms. The molecular weight excluding hydrogens is 172 g/mol. The SMILES string of the molecule is CCC(CC#N)N1CC(C(C)(C)C)C1. The third-order valence-electron chi connectivity index (χ3n) is 3.45. The zero-order valence-corrected chi connectivity index (χ0v) is 9.88. The zero-order chi connectivity index (χ0) is 10.8. The van der Waals surface area contributed by atoms with Crippen LogP contribution in [0, 0.1) is 22.7 Å². The summed E-state index contributed by atoms with van der Waals surface area (Å²) in [6.07, 6.45) is 1.79. The Morgan fingerprint density at radius 1 is 1.43 bits per heavy atom. The fourth-order valence-electron chi connectivity index (χ4n) is 2.00. The van der Waals surface area contributed by atoms with Crippen LogP contribution in [0.15, 0.2) is 0 Å². The van der Waals surface area contributed by atoms with Crippen LogP contribution >= 0.6 is 0 Å². The van der Waals surface area contributed by atoms with Gasteiger partial charge < -0.3 is 0 Å². The lowest BCUT2D eigenvalue weighted by molar-refractivity contribution is -0.00683. The predicted octanol–water partition coefficient (Wildman–Crippen LogP) is 2.66. The molecule has 1 aliphatic rings. The van der Waals surface area contributed by atoms with Gasteiger partial charge >= 0.3 is 0 Å². The molecule has 1 atom stereocenters. The minimum Gasteiger partial charge on any atom is -0.299 e. The van der Waals surface area contributed by atoms with E-state index in [9.17, 15) is 0 Å². The first-order valence-electron chi connectivity index (χ1n) is 5.60. The largest absolute Gasteiger partial charge is 0.299 e. The highest BCUT2D eigenvalue weighted by molar-refractivity contribution is 4.93. The molecule has 0 radical (unpaired) electrons. The first-order valence-corrected chi connectivity index (χ1v) is 5.60. The zero-order valence-electron chi connectivity index (χ0n) is 9.88. The van der Waals surface area contributed by atoms with E-state index in [1.54, 1.807) is 0 Å². The molecule has 0 aromatic carbocycles. The smallest absolute Gasteiger partial charge is 0.0638 e. The number of likely N-dealkylation sites (tertiary alicyclic amines) is 1. The van der Waals surface area contributed by atoms with Crippen molar-refractivity contribution < 1.29 is 0 Å². The molecular formula is C12H22N2. The highest BCUT2D eigenvalue weighted by Gasteiger charge is 2.38. The Morgan fingerprint density at radius 3 is 2.36 bits per heavy atom. The van der Waals surface area contributed by atoms with Crippen LogP contribution in [0.2, 0.25) is 0 Å². The minimum atomic E-state index is 0.432. The number of nitriles is 1. The lowest BCUT2D eigenvalue weighted by Gasteiger charge is -2.49. The van der Waals surface area contributed by atoms with E-state index in [0.29, 0.717) is 17.9 Å².